The summed E-state index contributed by atoms with van der Waals surface area (Å²) in [5.74, 6) is -0.325. The molecule has 100 valence electrons. The molecule has 1 aromatic rings. The zero-order valence-corrected chi connectivity index (χ0v) is 10.8. The second-order valence-corrected chi connectivity index (χ2v) is 3.83. The van der Waals surface area contributed by atoms with E-state index in [0.717, 1.165) is 0 Å². The van der Waals surface area contributed by atoms with Crippen molar-refractivity contribution in [2.24, 2.45) is 5.73 Å². The van der Waals surface area contributed by atoms with E-state index in [4.69, 9.17) is 5.73 Å². The van der Waals surface area contributed by atoms with Crippen LogP contribution in [-0.2, 0) is 0 Å². The maximum Gasteiger partial charge on any atom is 0.270 e. The lowest BCUT2D eigenvalue weighted by Gasteiger charge is -2.07. The van der Waals surface area contributed by atoms with Gasteiger partial charge in [0.05, 0.1) is 4.92 Å². The predicted molar refractivity (Wildman–Crippen MR) is 70.9 cm³/mol. The number of amides is 1. The third kappa shape index (κ3) is 5.11. The Bertz CT molecular complexity index is 424. The molecule has 6 nitrogen and oxygen atoms in total. The number of hydrogen-bond acceptors (Lipinski definition) is 4. The van der Waals surface area contributed by atoms with E-state index in [0.29, 0.717) is 13.0 Å². The van der Waals surface area contributed by atoms with Crippen molar-refractivity contribution in [2.45, 2.75) is 19.4 Å². The Balaban J connectivity index is 0.00000289. The zero-order chi connectivity index (χ0) is 12.8. The number of nitrogens with one attached hydrogen (secondary N) is 1. The minimum absolute atomic E-state index is 0. The molecule has 1 atom stereocenters. The van der Waals surface area contributed by atoms with Gasteiger partial charge in [-0.3, -0.25) is 14.9 Å². The molecular formula is C11H16ClN3O3. The van der Waals surface area contributed by atoms with E-state index < -0.39 is 4.92 Å². The molecule has 0 heterocycles. The van der Waals surface area contributed by atoms with Gasteiger partial charge in [-0.2, -0.15) is 0 Å². The Kier molecular flexibility index (Phi) is 6.92. The van der Waals surface area contributed by atoms with Crippen LogP contribution in [0.4, 0.5) is 5.69 Å². The maximum absolute atomic E-state index is 11.6. The van der Waals surface area contributed by atoms with Crippen molar-refractivity contribution in [1.82, 2.24) is 5.32 Å². The van der Waals surface area contributed by atoms with Crippen molar-refractivity contribution in [3.05, 3.63) is 39.9 Å². The van der Waals surface area contributed by atoms with Crippen LogP contribution in [0.5, 0.6) is 0 Å². The molecule has 0 bridgehead atoms. The highest BCUT2D eigenvalue weighted by Crippen LogP contribution is 2.12. The van der Waals surface area contributed by atoms with Gasteiger partial charge in [-0.15, -0.1) is 12.4 Å². The molecule has 7 heteroatoms. The molecule has 0 radical (unpaired) electrons. The average molecular weight is 274 g/mol. The summed E-state index contributed by atoms with van der Waals surface area (Å²) in [7, 11) is 0. The minimum Gasteiger partial charge on any atom is -0.352 e. The lowest BCUT2D eigenvalue weighted by molar-refractivity contribution is -0.384. The van der Waals surface area contributed by atoms with Crippen LogP contribution >= 0.6 is 12.4 Å². The summed E-state index contributed by atoms with van der Waals surface area (Å²) in [6.07, 6.45) is 0.667. The molecule has 0 aromatic heterocycles. The van der Waals surface area contributed by atoms with Crippen LogP contribution in [0.2, 0.25) is 0 Å². The van der Waals surface area contributed by atoms with Crippen LogP contribution in [0.25, 0.3) is 0 Å². The van der Waals surface area contributed by atoms with E-state index >= 15 is 0 Å². The number of nitro benzene ring substituents is 1. The number of nitrogens with two attached hydrogens (primary N) is 1. The number of hydrogen-bond donors (Lipinski definition) is 2. The van der Waals surface area contributed by atoms with Gasteiger partial charge in [0.1, 0.15) is 0 Å². The van der Waals surface area contributed by atoms with E-state index in [1.54, 1.807) is 0 Å². The van der Waals surface area contributed by atoms with Crippen molar-refractivity contribution in [3.63, 3.8) is 0 Å². The third-order valence-corrected chi connectivity index (χ3v) is 2.20. The van der Waals surface area contributed by atoms with Crippen molar-refractivity contribution in [3.8, 4) is 0 Å². The number of non-ortho nitro benzene ring substituents is 1. The number of halogens is 1. The topological polar surface area (TPSA) is 98.3 Å². The smallest absolute Gasteiger partial charge is 0.270 e. The second-order valence-electron chi connectivity index (χ2n) is 3.83. The van der Waals surface area contributed by atoms with E-state index in [-0.39, 0.29) is 35.6 Å². The number of rotatable bonds is 5. The molecule has 1 amide bonds. The van der Waals surface area contributed by atoms with Gasteiger partial charge in [-0.1, -0.05) is 6.07 Å². The van der Waals surface area contributed by atoms with Gasteiger partial charge < -0.3 is 11.1 Å². The molecule has 0 aliphatic carbocycles. The average Bonchev–Trinajstić information content (AvgIpc) is 2.28. The summed E-state index contributed by atoms with van der Waals surface area (Å²) >= 11 is 0. The number of carbonyl (C=O) groups is 1. The Labute approximate surface area is 111 Å². The predicted octanol–water partition coefficient (Wildman–Crippen LogP) is 1.48. The third-order valence-electron chi connectivity index (χ3n) is 2.20. The fraction of sp³-hybridized carbons (Fsp3) is 0.364. The molecule has 1 unspecified atom stereocenters. The number of nitro groups is 1. The van der Waals surface area contributed by atoms with Gasteiger partial charge in [-0.25, -0.2) is 0 Å². The quantitative estimate of drug-likeness (QED) is 0.627. The summed E-state index contributed by atoms with van der Waals surface area (Å²) in [6.45, 7) is 2.30. The summed E-state index contributed by atoms with van der Waals surface area (Å²) in [4.78, 5) is 21.6. The largest absolute Gasteiger partial charge is 0.352 e. The summed E-state index contributed by atoms with van der Waals surface area (Å²) in [5, 5.41) is 13.2. The highest BCUT2D eigenvalue weighted by molar-refractivity contribution is 5.94. The first kappa shape index (κ1) is 16.3. The molecule has 18 heavy (non-hydrogen) atoms. The summed E-state index contributed by atoms with van der Waals surface area (Å²) < 4.78 is 0. The molecule has 1 rings (SSSR count). The Morgan fingerprint density at radius 3 is 2.78 bits per heavy atom. The van der Waals surface area contributed by atoms with Gasteiger partial charge in [0.15, 0.2) is 0 Å². The Morgan fingerprint density at radius 2 is 2.22 bits per heavy atom. The van der Waals surface area contributed by atoms with Crippen LogP contribution in [0.3, 0.4) is 0 Å². The van der Waals surface area contributed by atoms with Crippen molar-refractivity contribution >= 4 is 24.0 Å². The lowest BCUT2D eigenvalue weighted by atomic mass is 10.2. The summed E-state index contributed by atoms with van der Waals surface area (Å²) in [5.41, 5.74) is 5.73. The molecule has 0 saturated carbocycles. The van der Waals surface area contributed by atoms with Crippen molar-refractivity contribution in [2.75, 3.05) is 6.54 Å². The standard InChI is InChI=1S/C11H15N3O3.ClH/c1-8(12)5-6-13-11(15)9-3-2-4-10(7-9)14(16)17;/h2-4,7-8H,5-6,12H2,1H3,(H,13,15);1H. The Hall–Kier alpha value is -1.66. The summed E-state index contributed by atoms with van der Waals surface area (Å²) in [6, 6.07) is 5.63. The SMILES string of the molecule is CC(N)CCNC(=O)c1cccc([N+](=O)[O-])c1.Cl. The molecule has 0 saturated heterocycles. The monoisotopic (exact) mass is 273 g/mol. The molecule has 0 spiro atoms. The normalized spacial score (nSPS) is 11.2. The van der Waals surface area contributed by atoms with Gasteiger partial charge in [0, 0.05) is 30.3 Å². The van der Waals surface area contributed by atoms with Crippen LogP contribution in [0.1, 0.15) is 23.7 Å². The van der Waals surface area contributed by atoms with Crippen LogP contribution in [0.15, 0.2) is 24.3 Å². The minimum atomic E-state index is -0.529. The first-order valence-corrected chi connectivity index (χ1v) is 5.29. The van der Waals surface area contributed by atoms with E-state index in [1.165, 1.54) is 24.3 Å². The first-order chi connectivity index (χ1) is 8.00. The highest BCUT2D eigenvalue weighted by atomic mass is 35.5. The van der Waals surface area contributed by atoms with Crippen molar-refractivity contribution in [1.29, 1.82) is 0 Å². The molecule has 1 aromatic carbocycles. The highest BCUT2D eigenvalue weighted by Gasteiger charge is 2.10. The van der Waals surface area contributed by atoms with Crippen molar-refractivity contribution < 1.29 is 9.72 Å². The van der Waals surface area contributed by atoms with E-state index in [9.17, 15) is 14.9 Å². The molecular weight excluding hydrogens is 258 g/mol. The van der Waals surface area contributed by atoms with Gasteiger partial charge in [0.25, 0.3) is 11.6 Å². The van der Waals surface area contributed by atoms with E-state index in [1.807, 2.05) is 6.92 Å². The maximum atomic E-state index is 11.6. The first-order valence-electron chi connectivity index (χ1n) is 5.29. The molecule has 0 aliphatic rings. The lowest BCUT2D eigenvalue weighted by Crippen LogP contribution is -2.28. The number of carbonyl (C=O) groups excluding carboxylic acids is 1. The number of nitrogens with zero attached hydrogens (tertiary/aromatic N) is 1. The van der Waals surface area contributed by atoms with Crippen LogP contribution in [0, 0.1) is 10.1 Å². The Morgan fingerprint density at radius 1 is 1.56 bits per heavy atom. The fourth-order valence-corrected chi connectivity index (χ4v) is 1.28. The van der Waals surface area contributed by atoms with Gasteiger partial charge in [0.2, 0.25) is 0 Å². The molecule has 0 fully saturated rings. The fourth-order valence-electron chi connectivity index (χ4n) is 1.28. The van der Waals surface area contributed by atoms with Crippen LogP contribution in [-0.4, -0.2) is 23.4 Å². The molecule has 0 aliphatic heterocycles. The van der Waals surface area contributed by atoms with E-state index in [2.05, 4.69) is 5.32 Å². The zero-order valence-electron chi connectivity index (χ0n) is 9.96. The van der Waals surface area contributed by atoms with Gasteiger partial charge >= 0.3 is 0 Å². The van der Waals surface area contributed by atoms with Gasteiger partial charge in [-0.05, 0) is 19.4 Å². The van der Waals surface area contributed by atoms with Crippen LogP contribution < -0.4 is 11.1 Å². The molecule has 3 N–H and O–H groups in total. The number of benzene rings is 1. The second kappa shape index (κ2) is 7.62.